The molecule has 0 aromatic rings. The van der Waals surface area contributed by atoms with Crippen LogP contribution in [0, 0.1) is 16.7 Å². The predicted octanol–water partition coefficient (Wildman–Crippen LogP) is 3.05. The Kier molecular flexibility index (Phi) is 3.89. The van der Waals surface area contributed by atoms with Crippen LogP contribution in [-0.4, -0.2) is 11.1 Å². The highest BCUT2D eigenvalue weighted by Crippen LogP contribution is 2.44. The summed E-state index contributed by atoms with van der Waals surface area (Å²) in [6.45, 7) is 3.67. The quantitative estimate of drug-likeness (QED) is 0.586. The minimum absolute atomic E-state index is 0.690. The highest BCUT2D eigenvalue weighted by molar-refractivity contribution is 5.79. The molecule has 16 heavy (non-hydrogen) atoms. The third-order valence-electron chi connectivity index (χ3n) is 3.36. The van der Waals surface area contributed by atoms with Gasteiger partial charge in [-0.3, -0.25) is 4.79 Å². The van der Waals surface area contributed by atoms with E-state index in [9.17, 15) is 9.90 Å². The summed E-state index contributed by atoms with van der Waals surface area (Å²) in [6.07, 6.45) is 6.63. The van der Waals surface area contributed by atoms with E-state index in [2.05, 4.69) is 0 Å². The van der Waals surface area contributed by atoms with E-state index in [0.29, 0.717) is 12.8 Å². The lowest BCUT2D eigenvalue weighted by Crippen LogP contribution is -2.29. The van der Waals surface area contributed by atoms with Crippen molar-refractivity contribution in [2.75, 3.05) is 0 Å². The van der Waals surface area contributed by atoms with Crippen LogP contribution in [-0.2, 0) is 4.79 Å². The molecule has 1 fully saturated rings. The van der Waals surface area contributed by atoms with E-state index in [1.165, 1.54) is 6.08 Å². The minimum atomic E-state index is -0.733. The monoisotopic (exact) mass is 219 g/mol. The fourth-order valence-electron chi connectivity index (χ4n) is 2.38. The molecule has 86 valence electrons. The van der Waals surface area contributed by atoms with Gasteiger partial charge in [-0.15, -0.1) is 0 Å². The lowest BCUT2D eigenvalue weighted by molar-refractivity contribution is -0.146. The van der Waals surface area contributed by atoms with E-state index in [4.69, 9.17) is 5.26 Å². The summed E-state index contributed by atoms with van der Waals surface area (Å²) in [7, 11) is 0. The van der Waals surface area contributed by atoms with Gasteiger partial charge < -0.3 is 5.11 Å². The number of hydrogen-bond acceptors (Lipinski definition) is 2. The second-order valence-electron chi connectivity index (χ2n) is 4.44. The van der Waals surface area contributed by atoms with Crippen molar-refractivity contribution in [2.24, 2.45) is 5.41 Å². The second-order valence-corrected chi connectivity index (χ2v) is 4.44. The summed E-state index contributed by atoms with van der Waals surface area (Å²) in [5.74, 6) is -0.733. The summed E-state index contributed by atoms with van der Waals surface area (Å²) >= 11 is 0. The molecular formula is C13H17NO2. The maximum Gasteiger partial charge on any atom is 0.313 e. The van der Waals surface area contributed by atoms with Crippen LogP contribution < -0.4 is 0 Å². The number of carboxylic acid groups (broad SMARTS) is 1. The number of allylic oxidation sites excluding steroid dienone is 3. The van der Waals surface area contributed by atoms with Crippen molar-refractivity contribution < 1.29 is 9.90 Å². The number of aliphatic carboxylic acids is 1. The first kappa shape index (κ1) is 12.5. The van der Waals surface area contributed by atoms with Crippen molar-refractivity contribution in [2.45, 2.75) is 39.5 Å². The first-order valence-corrected chi connectivity index (χ1v) is 5.51. The maximum absolute atomic E-state index is 11.4. The molecule has 1 aliphatic rings. The summed E-state index contributed by atoms with van der Waals surface area (Å²) in [5, 5.41) is 17.9. The molecule has 0 atom stereocenters. The Morgan fingerprint density at radius 3 is 2.38 bits per heavy atom. The van der Waals surface area contributed by atoms with Crippen molar-refractivity contribution in [1.29, 1.82) is 5.26 Å². The Morgan fingerprint density at radius 1 is 1.38 bits per heavy atom. The van der Waals surface area contributed by atoms with Crippen LogP contribution in [0.5, 0.6) is 0 Å². The second kappa shape index (κ2) is 4.98. The maximum atomic E-state index is 11.4. The van der Waals surface area contributed by atoms with Crippen LogP contribution in [0.25, 0.3) is 0 Å². The predicted molar refractivity (Wildman–Crippen MR) is 61.7 cm³/mol. The van der Waals surface area contributed by atoms with Gasteiger partial charge >= 0.3 is 5.97 Å². The summed E-state index contributed by atoms with van der Waals surface area (Å²) in [6, 6.07) is 1.95. The standard InChI is InChI=1S/C13H17NO2/c1-10(5-8-14)9-11(2)13(12(15)16)6-3-4-7-13/h5,9H,3-4,6-7H2,1-2H3,(H,15,16)/b10-5+,11-9-. The third-order valence-corrected chi connectivity index (χ3v) is 3.36. The molecule has 0 bridgehead atoms. The molecule has 1 saturated carbocycles. The molecule has 3 heteroatoms. The van der Waals surface area contributed by atoms with Crippen LogP contribution in [0.15, 0.2) is 23.3 Å². The van der Waals surface area contributed by atoms with Gasteiger partial charge in [-0.05, 0) is 32.3 Å². The molecule has 1 rings (SSSR count). The molecule has 1 N–H and O–H groups in total. The SMILES string of the molecule is C/C(=C/C(C)=C/C#N)C1(C(=O)O)CCCC1. The number of nitrogens with zero attached hydrogens (tertiary/aromatic N) is 1. The van der Waals surface area contributed by atoms with Crippen LogP contribution >= 0.6 is 0 Å². The van der Waals surface area contributed by atoms with E-state index in [-0.39, 0.29) is 0 Å². The average Bonchev–Trinajstić information content (AvgIpc) is 2.67. The van der Waals surface area contributed by atoms with E-state index >= 15 is 0 Å². The van der Waals surface area contributed by atoms with Crippen molar-refractivity contribution in [3.8, 4) is 6.07 Å². The Bertz CT molecular complexity index is 379. The molecule has 0 amide bonds. The molecule has 0 aromatic heterocycles. The molecule has 0 aliphatic heterocycles. The van der Waals surface area contributed by atoms with Crippen LogP contribution in [0.2, 0.25) is 0 Å². The average molecular weight is 219 g/mol. The van der Waals surface area contributed by atoms with Crippen molar-refractivity contribution >= 4 is 5.97 Å². The highest BCUT2D eigenvalue weighted by Gasteiger charge is 2.42. The normalized spacial score (nSPS) is 20.6. The zero-order chi connectivity index (χ0) is 12.2. The van der Waals surface area contributed by atoms with E-state index in [1.807, 2.05) is 26.0 Å². The molecule has 3 nitrogen and oxygen atoms in total. The van der Waals surface area contributed by atoms with Crippen molar-refractivity contribution in [3.05, 3.63) is 23.3 Å². The van der Waals surface area contributed by atoms with Gasteiger partial charge in [0.2, 0.25) is 0 Å². The fourth-order valence-corrected chi connectivity index (χ4v) is 2.38. The lowest BCUT2D eigenvalue weighted by Gasteiger charge is -2.25. The fraction of sp³-hybridized carbons (Fsp3) is 0.538. The van der Waals surface area contributed by atoms with Gasteiger partial charge in [0, 0.05) is 6.08 Å². The summed E-state index contributed by atoms with van der Waals surface area (Å²) in [5.41, 5.74) is 0.985. The zero-order valence-corrected chi connectivity index (χ0v) is 9.79. The molecule has 1 aliphatic carbocycles. The van der Waals surface area contributed by atoms with Gasteiger partial charge in [-0.25, -0.2) is 0 Å². The molecule has 0 heterocycles. The Balaban J connectivity index is 3.02. The van der Waals surface area contributed by atoms with Gasteiger partial charge in [0.1, 0.15) is 0 Å². The van der Waals surface area contributed by atoms with Gasteiger partial charge in [-0.2, -0.15) is 5.26 Å². The molecule has 0 saturated heterocycles. The smallest absolute Gasteiger partial charge is 0.313 e. The summed E-state index contributed by atoms with van der Waals surface area (Å²) in [4.78, 5) is 11.4. The molecule has 0 aromatic carbocycles. The molecule has 0 spiro atoms. The van der Waals surface area contributed by atoms with Crippen LogP contribution in [0.3, 0.4) is 0 Å². The largest absolute Gasteiger partial charge is 0.481 e. The van der Waals surface area contributed by atoms with Gasteiger partial charge in [-0.1, -0.05) is 24.5 Å². The van der Waals surface area contributed by atoms with Gasteiger partial charge in [0.25, 0.3) is 0 Å². The molecular weight excluding hydrogens is 202 g/mol. The number of hydrogen-bond donors (Lipinski definition) is 1. The minimum Gasteiger partial charge on any atom is -0.481 e. The van der Waals surface area contributed by atoms with E-state index in [0.717, 1.165) is 24.0 Å². The third kappa shape index (κ3) is 2.33. The van der Waals surface area contributed by atoms with Crippen molar-refractivity contribution in [3.63, 3.8) is 0 Å². The molecule has 0 radical (unpaired) electrons. The first-order chi connectivity index (χ1) is 7.53. The van der Waals surface area contributed by atoms with Gasteiger partial charge in [0.05, 0.1) is 11.5 Å². The van der Waals surface area contributed by atoms with E-state index in [1.54, 1.807) is 0 Å². The summed E-state index contributed by atoms with van der Waals surface area (Å²) < 4.78 is 0. The van der Waals surface area contributed by atoms with Crippen LogP contribution in [0.4, 0.5) is 0 Å². The topological polar surface area (TPSA) is 61.1 Å². The number of rotatable bonds is 3. The van der Waals surface area contributed by atoms with Crippen LogP contribution in [0.1, 0.15) is 39.5 Å². The Labute approximate surface area is 96.1 Å². The van der Waals surface area contributed by atoms with Crippen molar-refractivity contribution in [1.82, 2.24) is 0 Å². The first-order valence-electron chi connectivity index (χ1n) is 5.51. The molecule has 0 unspecified atom stereocenters. The Morgan fingerprint density at radius 2 is 1.94 bits per heavy atom. The Hall–Kier alpha value is -1.56. The van der Waals surface area contributed by atoms with Gasteiger partial charge in [0.15, 0.2) is 0 Å². The lowest BCUT2D eigenvalue weighted by atomic mass is 9.78. The number of carbonyl (C=O) groups is 1. The number of carboxylic acids is 1. The number of nitriles is 1. The highest BCUT2D eigenvalue weighted by atomic mass is 16.4. The zero-order valence-electron chi connectivity index (χ0n) is 9.79. The van der Waals surface area contributed by atoms with E-state index < -0.39 is 11.4 Å².